The molecule has 0 aliphatic heterocycles. The number of pyridine rings is 3. The first-order valence-corrected chi connectivity index (χ1v) is 9.36. The van der Waals surface area contributed by atoms with Gasteiger partial charge in [-0.15, -0.1) is 0 Å². The first kappa shape index (κ1) is 17.7. The zero-order valence-corrected chi connectivity index (χ0v) is 15.9. The molecule has 7 nitrogen and oxygen atoms in total. The largest absolute Gasteiger partial charge is 0.397 e. The minimum absolute atomic E-state index is 0.136. The molecule has 0 radical (unpaired) electrons. The molecule has 0 amide bonds. The lowest BCUT2D eigenvalue weighted by Crippen LogP contribution is -2.10. The van der Waals surface area contributed by atoms with Crippen molar-refractivity contribution in [2.45, 2.75) is 0 Å². The molecule has 4 aromatic heterocycles. The number of imidazole rings is 1. The van der Waals surface area contributed by atoms with Crippen molar-refractivity contribution >= 4 is 22.4 Å². The molecule has 0 bridgehead atoms. The summed E-state index contributed by atoms with van der Waals surface area (Å²) in [5.41, 5.74) is 12.2. The van der Waals surface area contributed by atoms with E-state index < -0.39 is 0 Å². The predicted molar refractivity (Wildman–Crippen MR) is 117 cm³/mol. The molecule has 144 valence electrons. The lowest BCUT2D eigenvalue weighted by atomic mass is 10.1. The van der Waals surface area contributed by atoms with Gasteiger partial charge in [0.05, 0.1) is 22.4 Å². The minimum atomic E-state index is 0.136. The van der Waals surface area contributed by atoms with Crippen LogP contribution in [0.15, 0.2) is 79.4 Å². The molecule has 0 spiro atoms. The molecule has 0 aliphatic carbocycles. The van der Waals surface area contributed by atoms with Crippen LogP contribution in [0.2, 0.25) is 0 Å². The van der Waals surface area contributed by atoms with E-state index in [4.69, 9.17) is 16.1 Å². The summed E-state index contributed by atoms with van der Waals surface area (Å²) in [7, 11) is 0. The Morgan fingerprint density at radius 3 is 2.50 bits per heavy atom. The Morgan fingerprint density at radius 1 is 0.833 bits per heavy atom. The van der Waals surface area contributed by atoms with Crippen molar-refractivity contribution in [1.82, 2.24) is 24.9 Å². The number of nitrogen functional groups attached to an aromatic ring is 1. The van der Waals surface area contributed by atoms with Crippen LogP contribution >= 0.6 is 0 Å². The second kappa shape index (κ2) is 7.21. The van der Waals surface area contributed by atoms with Crippen molar-refractivity contribution in [3.63, 3.8) is 0 Å². The van der Waals surface area contributed by atoms with Crippen LogP contribution < -0.4 is 5.73 Å². The fourth-order valence-electron chi connectivity index (χ4n) is 3.37. The van der Waals surface area contributed by atoms with Gasteiger partial charge >= 0.3 is 0 Å². The van der Waals surface area contributed by atoms with E-state index in [-0.39, 0.29) is 5.71 Å². The van der Waals surface area contributed by atoms with Crippen LogP contribution in [0.1, 0.15) is 11.5 Å². The van der Waals surface area contributed by atoms with Crippen molar-refractivity contribution in [2.75, 3.05) is 5.73 Å². The van der Waals surface area contributed by atoms with Gasteiger partial charge in [0, 0.05) is 41.5 Å². The van der Waals surface area contributed by atoms with Gasteiger partial charge in [0.25, 0.3) is 0 Å². The summed E-state index contributed by atoms with van der Waals surface area (Å²) in [5, 5.41) is 8.72. The minimum Gasteiger partial charge on any atom is -0.397 e. The maximum absolute atomic E-state index is 8.72. The summed E-state index contributed by atoms with van der Waals surface area (Å²) < 4.78 is 0. The SMILES string of the molecule is N=C(c1nc2c(-c3cccnc3)cccc2[nH]1)c1nc(-c2ccncc2)ccc1N. The van der Waals surface area contributed by atoms with Crippen molar-refractivity contribution in [3.8, 4) is 22.4 Å². The van der Waals surface area contributed by atoms with Gasteiger partial charge < -0.3 is 10.7 Å². The summed E-state index contributed by atoms with van der Waals surface area (Å²) in [6, 6.07) is 17.1. The smallest absolute Gasteiger partial charge is 0.158 e. The molecule has 4 N–H and O–H groups in total. The number of benzene rings is 1. The lowest BCUT2D eigenvalue weighted by Gasteiger charge is -2.07. The number of aromatic nitrogens is 5. The molecule has 0 unspecified atom stereocenters. The predicted octanol–water partition coefficient (Wildman–Crippen LogP) is 4.08. The van der Waals surface area contributed by atoms with Crippen molar-refractivity contribution < 1.29 is 0 Å². The second-order valence-electron chi connectivity index (χ2n) is 6.77. The van der Waals surface area contributed by atoms with Gasteiger partial charge in [-0.25, -0.2) is 9.97 Å². The quantitative estimate of drug-likeness (QED) is 0.399. The van der Waals surface area contributed by atoms with Gasteiger partial charge in [0.2, 0.25) is 0 Å². The van der Waals surface area contributed by atoms with E-state index in [1.165, 1.54) is 0 Å². The van der Waals surface area contributed by atoms with Crippen LogP contribution in [0.25, 0.3) is 33.4 Å². The maximum Gasteiger partial charge on any atom is 0.158 e. The van der Waals surface area contributed by atoms with Crippen molar-refractivity contribution in [1.29, 1.82) is 5.41 Å². The average molecular weight is 391 g/mol. The molecule has 0 saturated heterocycles. The second-order valence-corrected chi connectivity index (χ2v) is 6.77. The molecular weight excluding hydrogens is 374 g/mol. The number of para-hydroxylation sites is 1. The van der Waals surface area contributed by atoms with Crippen molar-refractivity contribution in [2.24, 2.45) is 0 Å². The highest BCUT2D eigenvalue weighted by molar-refractivity contribution is 6.12. The molecule has 0 fully saturated rings. The molecule has 1 aromatic carbocycles. The number of H-pyrrole nitrogens is 1. The number of rotatable bonds is 4. The van der Waals surface area contributed by atoms with Gasteiger partial charge in [0.15, 0.2) is 5.82 Å². The third kappa shape index (κ3) is 3.08. The fourth-order valence-corrected chi connectivity index (χ4v) is 3.37. The number of fused-ring (bicyclic) bond motifs is 1. The standard InChI is InChI=1S/C23H17N7/c24-17-6-7-18(14-8-11-26-12-9-14)28-22(17)20(25)23-29-19-5-1-4-16(21(19)30-23)15-3-2-10-27-13-15/h1-13,25H,24H2,(H,29,30). The Bertz CT molecular complexity index is 1360. The zero-order valence-electron chi connectivity index (χ0n) is 15.9. The van der Waals surface area contributed by atoms with Crippen LogP contribution in [-0.2, 0) is 0 Å². The van der Waals surface area contributed by atoms with E-state index in [0.717, 1.165) is 33.4 Å². The number of hydrogen-bond donors (Lipinski definition) is 3. The molecule has 0 atom stereocenters. The van der Waals surface area contributed by atoms with Crippen LogP contribution in [0.3, 0.4) is 0 Å². The molecule has 5 rings (SSSR count). The highest BCUT2D eigenvalue weighted by Gasteiger charge is 2.17. The number of aromatic amines is 1. The van der Waals surface area contributed by atoms with E-state index in [1.54, 1.807) is 30.9 Å². The average Bonchev–Trinajstić information content (AvgIpc) is 3.25. The third-order valence-electron chi connectivity index (χ3n) is 4.86. The number of anilines is 1. The van der Waals surface area contributed by atoms with E-state index in [9.17, 15) is 0 Å². The van der Waals surface area contributed by atoms with Crippen LogP contribution in [0.5, 0.6) is 0 Å². The Labute approximate surface area is 172 Å². The van der Waals surface area contributed by atoms with Gasteiger partial charge in [-0.1, -0.05) is 18.2 Å². The van der Waals surface area contributed by atoms with Gasteiger partial charge in [-0.3, -0.25) is 15.4 Å². The maximum atomic E-state index is 8.72. The van der Waals surface area contributed by atoms with Crippen LogP contribution in [-0.4, -0.2) is 30.6 Å². The third-order valence-corrected chi connectivity index (χ3v) is 4.86. The highest BCUT2D eigenvalue weighted by Crippen LogP contribution is 2.28. The van der Waals surface area contributed by atoms with E-state index in [2.05, 4.69) is 19.9 Å². The molecule has 30 heavy (non-hydrogen) atoms. The summed E-state index contributed by atoms with van der Waals surface area (Å²) >= 11 is 0. The van der Waals surface area contributed by atoms with Gasteiger partial charge in [0.1, 0.15) is 11.4 Å². The number of nitrogens with zero attached hydrogens (tertiary/aromatic N) is 4. The van der Waals surface area contributed by atoms with Crippen LogP contribution in [0, 0.1) is 5.41 Å². The number of nitrogens with one attached hydrogen (secondary N) is 2. The summed E-state index contributed by atoms with van der Waals surface area (Å²) in [5.74, 6) is 0.410. The fraction of sp³-hybridized carbons (Fsp3) is 0. The highest BCUT2D eigenvalue weighted by atomic mass is 14.9. The van der Waals surface area contributed by atoms with Crippen LogP contribution in [0.4, 0.5) is 5.69 Å². The summed E-state index contributed by atoms with van der Waals surface area (Å²) in [6.07, 6.45) is 6.95. The number of hydrogen-bond acceptors (Lipinski definition) is 6. The normalized spacial score (nSPS) is 10.9. The molecule has 0 saturated carbocycles. The van der Waals surface area contributed by atoms with E-state index >= 15 is 0 Å². The Hall–Kier alpha value is -4.39. The molecule has 4 heterocycles. The molecular formula is C23H17N7. The first-order chi connectivity index (χ1) is 14.7. The first-order valence-electron chi connectivity index (χ1n) is 9.36. The van der Waals surface area contributed by atoms with Gasteiger partial charge in [-0.05, 0) is 36.4 Å². The Morgan fingerprint density at radius 2 is 1.70 bits per heavy atom. The van der Waals surface area contributed by atoms with Crippen molar-refractivity contribution in [3.05, 3.63) is 90.9 Å². The zero-order chi connectivity index (χ0) is 20.5. The summed E-state index contributed by atoms with van der Waals surface area (Å²) in [4.78, 5) is 20.8. The molecule has 5 aromatic rings. The number of nitrogens with two attached hydrogens (primary N) is 1. The Balaban J connectivity index is 1.59. The summed E-state index contributed by atoms with van der Waals surface area (Å²) in [6.45, 7) is 0. The van der Waals surface area contributed by atoms with Gasteiger partial charge in [-0.2, -0.15) is 0 Å². The monoisotopic (exact) mass is 391 g/mol. The Kier molecular flexibility index (Phi) is 4.25. The van der Waals surface area contributed by atoms with E-state index in [1.807, 2.05) is 48.5 Å². The topological polar surface area (TPSA) is 117 Å². The van der Waals surface area contributed by atoms with E-state index in [0.29, 0.717) is 17.2 Å². The molecule has 7 heteroatoms. The molecule has 0 aliphatic rings. The lowest BCUT2D eigenvalue weighted by molar-refractivity contribution is 1.21.